The fraction of sp³-hybridized carbons (Fsp3) is 0.250. The number of benzene rings is 2. The summed E-state index contributed by atoms with van der Waals surface area (Å²) in [4.78, 5) is 0. The fourth-order valence-electron chi connectivity index (χ4n) is 2.17. The number of hydrogen-bond donors (Lipinski definition) is 1. The van der Waals surface area contributed by atoms with Gasteiger partial charge in [0.15, 0.2) is 0 Å². The Morgan fingerprint density at radius 3 is 2.20 bits per heavy atom. The van der Waals surface area contributed by atoms with E-state index in [-0.39, 0.29) is 12.1 Å². The van der Waals surface area contributed by atoms with Crippen molar-refractivity contribution in [2.24, 2.45) is 0 Å². The lowest BCUT2D eigenvalue weighted by molar-refractivity contribution is 0.470. The predicted molar refractivity (Wildman–Crippen MR) is 85.5 cm³/mol. The van der Waals surface area contributed by atoms with Crippen LogP contribution in [0.25, 0.3) is 0 Å². The molecule has 0 aromatic heterocycles. The average Bonchev–Trinajstić information content (AvgIpc) is 2.39. The summed E-state index contributed by atoms with van der Waals surface area (Å²) in [5.74, 6) is -1.07. The van der Waals surface area contributed by atoms with Crippen molar-refractivity contribution in [2.75, 3.05) is 0 Å². The van der Waals surface area contributed by atoms with E-state index in [9.17, 15) is 8.78 Å². The molecule has 0 bridgehead atoms. The zero-order valence-electron chi connectivity index (χ0n) is 11.3. The summed E-state index contributed by atoms with van der Waals surface area (Å²) >= 11 is 2.26. The van der Waals surface area contributed by atoms with E-state index in [2.05, 4.69) is 27.9 Å². The first kappa shape index (κ1) is 15.4. The van der Waals surface area contributed by atoms with Crippen LogP contribution in [0.1, 0.15) is 37.1 Å². The molecule has 0 spiro atoms. The van der Waals surface area contributed by atoms with Crippen molar-refractivity contribution in [1.82, 2.24) is 5.32 Å². The monoisotopic (exact) mass is 387 g/mol. The summed E-state index contributed by atoms with van der Waals surface area (Å²) in [6.45, 7) is 3.90. The van der Waals surface area contributed by atoms with Crippen LogP contribution < -0.4 is 5.32 Å². The van der Waals surface area contributed by atoms with Crippen molar-refractivity contribution in [3.63, 3.8) is 0 Å². The SMILES string of the molecule is CC(NC(C)c1ccc(F)cc1F)c1ccc(I)cc1. The molecule has 0 fully saturated rings. The van der Waals surface area contributed by atoms with Gasteiger partial charge in [-0.2, -0.15) is 0 Å². The Labute approximate surface area is 131 Å². The van der Waals surface area contributed by atoms with Gasteiger partial charge in [-0.1, -0.05) is 18.2 Å². The highest BCUT2D eigenvalue weighted by Crippen LogP contribution is 2.22. The standard InChI is InChI=1S/C16H16F2IN/c1-10(12-3-6-14(19)7-4-12)20-11(2)15-8-5-13(17)9-16(15)18/h3-11,20H,1-2H3. The molecule has 4 heteroatoms. The van der Waals surface area contributed by atoms with Crippen LogP contribution >= 0.6 is 22.6 Å². The third-order valence-electron chi connectivity index (χ3n) is 3.30. The quantitative estimate of drug-likeness (QED) is 0.730. The minimum Gasteiger partial charge on any atom is -0.304 e. The van der Waals surface area contributed by atoms with Crippen LogP contribution in [0.3, 0.4) is 0 Å². The van der Waals surface area contributed by atoms with Gasteiger partial charge in [0.1, 0.15) is 11.6 Å². The van der Waals surface area contributed by atoms with Gasteiger partial charge in [0.2, 0.25) is 0 Å². The Bertz CT molecular complexity index is 584. The van der Waals surface area contributed by atoms with Gasteiger partial charge in [0.05, 0.1) is 0 Å². The highest BCUT2D eigenvalue weighted by Gasteiger charge is 2.14. The minimum absolute atomic E-state index is 0.0893. The third kappa shape index (κ3) is 3.76. The second-order valence-corrected chi connectivity index (χ2v) is 6.07. The fourth-order valence-corrected chi connectivity index (χ4v) is 2.52. The molecule has 0 aliphatic heterocycles. The third-order valence-corrected chi connectivity index (χ3v) is 4.02. The second-order valence-electron chi connectivity index (χ2n) is 4.83. The molecule has 2 aromatic rings. The molecule has 0 aliphatic rings. The lowest BCUT2D eigenvalue weighted by atomic mass is 10.0. The van der Waals surface area contributed by atoms with Gasteiger partial charge >= 0.3 is 0 Å². The lowest BCUT2D eigenvalue weighted by Crippen LogP contribution is -2.23. The minimum atomic E-state index is -0.552. The van der Waals surface area contributed by atoms with Crippen molar-refractivity contribution in [3.8, 4) is 0 Å². The Morgan fingerprint density at radius 1 is 0.950 bits per heavy atom. The molecular formula is C16H16F2IN. The lowest BCUT2D eigenvalue weighted by Gasteiger charge is -2.21. The molecule has 0 saturated carbocycles. The summed E-state index contributed by atoms with van der Waals surface area (Å²) < 4.78 is 27.8. The normalized spacial score (nSPS) is 14.1. The van der Waals surface area contributed by atoms with Crippen LogP contribution in [0.5, 0.6) is 0 Å². The van der Waals surface area contributed by atoms with Crippen molar-refractivity contribution >= 4 is 22.6 Å². The molecule has 2 aromatic carbocycles. The maximum atomic E-state index is 13.7. The van der Waals surface area contributed by atoms with E-state index in [1.165, 1.54) is 15.7 Å². The average molecular weight is 387 g/mol. The summed E-state index contributed by atoms with van der Waals surface area (Å²) in [7, 11) is 0. The molecule has 0 heterocycles. The Morgan fingerprint density at radius 2 is 1.60 bits per heavy atom. The molecule has 0 amide bonds. The summed E-state index contributed by atoms with van der Waals surface area (Å²) in [6.07, 6.45) is 0. The van der Waals surface area contributed by atoms with Gasteiger partial charge < -0.3 is 5.32 Å². The van der Waals surface area contributed by atoms with Gasteiger partial charge in [0, 0.05) is 27.3 Å². The van der Waals surface area contributed by atoms with E-state index >= 15 is 0 Å². The number of nitrogens with one attached hydrogen (secondary N) is 1. The van der Waals surface area contributed by atoms with Crippen LogP contribution in [0.15, 0.2) is 42.5 Å². The first-order valence-corrected chi connectivity index (χ1v) is 7.51. The smallest absolute Gasteiger partial charge is 0.130 e. The van der Waals surface area contributed by atoms with Crippen LogP contribution in [0.4, 0.5) is 8.78 Å². The van der Waals surface area contributed by atoms with Crippen LogP contribution in [0, 0.1) is 15.2 Å². The van der Waals surface area contributed by atoms with Crippen LogP contribution in [-0.4, -0.2) is 0 Å². The molecule has 0 aliphatic carbocycles. The van der Waals surface area contributed by atoms with Crippen molar-refractivity contribution in [1.29, 1.82) is 0 Å². The molecule has 1 nitrogen and oxygen atoms in total. The summed E-state index contributed by atoms with van der Waals surface area (Å²) in [6, 6.07) is 11.8. The molecule has 0 radical (unpaired) electrons. The highest BCUT2D eigenvalue weighted by atomic mass is 127. The van der Waals surface area contributed by atoms with Crippen molar-refractivity contribution in [3.05, 3.63) is 68.8 Å². The molecule has 2 rings (SSSR count). The predicted octanol–water partition coefficient (Wildman–Crippen LogP) is 4.98. The van der Waals surface area contributed by atoms with Gasteiger partial charge in [-0.3, -0.25) is 0 Å². The van der Waals surface area contributed by atoms with Gasteiger partial charge in [-0.15, -0.1) is 0 Å². The number of halogens is 3. The van der Waals surface area contributed by atoms with E-state index in [1.807, 2.05) is 38.1 Å². The van der Waals surface area contributed by atoms with Gasteiger partial charge in [-0.25, -0.2) is 8.78 Å². The molecule has 2 unspecified atom stereocenters. The molecule has 106 valence electrons. The van der Waals surface area contributed by atoms with E-state index < -0.39 is 11.6 Å². The Kier molecular flexibility index (Phi) is 5.10. The molecular weight excluding hydrogens is 371 g/mol. The molecule has 2 atom stereocenters. The van der Waals surface area contributed by atoms with E-state index in [0.29, 0.717) is 5.56 Å². The van der Waals surface area contributed by atoms with Crippen LogP contribution in [-0.2, 0) is 0 Å². The molecule has 0 saturated heterocycles. The zero-order valence-corrected chi connectivity index (χ0v) is 13.5. The topological polar surface area (TPSA) is 12.0 Å². The van der Waals surface area contributed by atoms with Gasteiger partial charge in [-0.05, 0) is 60.2 Å². The van der Waals surface area contributed by atoms with E-state index in [1.54, 1.807) is 0 Å². The molecule has 20 heavy (non-hydrogen) atoms. The van der Waals surface area contributed by atoms with Gasteiger partial charge in [0.25, 0.3) is 0 Å². The first-order chi connectivity index (χ1) is 9.47. The largest absolute Gasteiger partial charge is 0.304 e. The van der Waals surface area contributed by atoms with E-state index in [0.717, 1.165) is 11.6 Å². The van der Waals surface area contributed by atoms with E-state index in [4.69, 9.17) is 0 Å². The number of rotatable bonds is 4. The number of hydrogen-bond acceptors (Lipinski definition) is 1. The highest BCUT2D eigenvalue weighted by molar-refractivity contribution is 14.1. The Hall–Kier alpha value is -1.01. The second kappa shape index (κ2) is 6.63. The van der Waals surface area contributed by atoms with Crippen molar-refractivity contribution in [2.45, 2.75) is 25.9 Å². The maximum Gasteiger partial charge on any atom is 0.130 e. The Balaban J connectivity index is 2.10. The molecule has 1 N–H and O–H groups in total. The van der Waals surface area contributed by atoms with Crippen molar-refractivity contribution < 1.29 is 8.78 Å². The zero-order chi connectivity index (χ0) is 14.7. The maximum absolute atomic E-state index is 13.7. The van der Waals surface area contributed by atoms with Crippen LogP contribution in [0.2, 0.25) is 0 Å². The summed E-state index contributed by atoms with van der Waals surface area (Å²) in [5, 5.41) is 3.33. The first-order valence-electron chi connectivity index (χ1n) is 6.44. The summed E-state index contributed by atoms with van der Waals surface area (Å²) in [5.41, 5.74) is 1.61.